The third kappa shape index (κ3) is 8.03. The fourth-order valence-electron chi connectivity index (χ4n) is 4.00. The van der Waals surface area contributed by atoms with E-state index in [0.717, 1.165) is 33.5 Å². The van der Waals surface area contributed by atoms with E-state index in [-0.39, 0.29) is 28.7 Å². The van der Waals surface area contributed by atoms with E-state index in [9.17, 15) is 26.8 Å². The maximum absolute atomic E-state index is 14.6. The van der Waals surface area contributed by atoms with Crippen LogP contribution in [0.4, 0.5) is 14.5 Å². The highest BCUT2D eigenvalue weighted by Crippen LogP contribution is 2.27. The number of nitrogens with zero attached hydrogens (tertiary/aromatic N) is 2. The van der Waals surface area contributed by atoms with Gasteiger partial charge in [-0.15, -0.1) is 0 Å². The monoisotopic (exact) mass is 587 g/mol. The van der Waals surface area contributed by atoms with Gasteiger partial charge < -0.3 is 15.0 Å². The van der Waals surface area contributed by atoms with Gasteiger partial charge in [-0.1, -0.05) is 25.1 Å². The summed E-state index contributed by atoms with van der Waals surface area (Å²) in [5.41, 5.74) is 0.312. The number of carbonyl (C=O) groups is 2. The average Bonchev–Trinajstić information content (AvgIpc) is 2.95. The molecule has 1 N–H and O–H groups in total. The van der Waals surface area contributed by atoms with Crippen molar-refractivity contribution in [2.24, 2.45) is 0 Å². The van der Waals surface area contributed by atoms with Crippen LogP contribution in [0.1, 0.15) is 39.7 Å². The summed E-state index contributed by atoms with van der Waals surface area (Å²) >= 11 is 0. The minimum atomic E-state index is -4.37. The Morgan fingerprint density at radius 1 is 0.927 bits per heavy atom. The number of hydrogen-bond donors (Lipinski definition) is 1. The van der Waals surface area contributed by atoms with Crippen molar-refractivity contribution in [2.45, 2.75) is 57.6 Å². The number of anilines is 1. The van der Waals surface area contributed by atoms with Gasteiger partial charge in [0.1, 0.15) is 30.0 Å². The van der Waals surface area contributed by atoms with E-state index in [1.54, 1.807) is 25.1 Å². The van der Waals surface area contributed by atoms with E-state index < -0.39 is 46.1 Å². The molecule has 0 fully saturated rings. The molecule has 0 spiro atoms. The molecule has 0 heterocycles. The Morgan fingerprint density at radius 2 is 1.56 bits per heavy atom. The Balaban J connectivity index is 2.04. The van der Waals surface area contributed by atoms with Crippen LogP contribution in [0.2, 0.25) is 0 Å². The number of hydrogen-bond acceptors (Lipinski definition) is 5. The molecule has 8 nitrogen and oxygen atoms in total. The zero-order chi connectivity index (χ0) is 30.2. The number of ether oxygens (including phenoxy) is 1. The fourth-order valence-corrected chi connectivity index (χ4v) is 5.41. The van der Waals surface area contributed by atoms with Gasteiger partial charge in [-0.05, 0) is 81.8 Å². The van der Waals surface area contributed by atoms with Crippen LogP contribution < -0.4 is 14.4 Å². The van der Waals surface area contributed by atoms with E-state index >= 15 is 0 Å². The zero-order valence-electron chi connectivity index (χ0n) is 23.5. The summed E-state index contributed by atoms with van der Waals surface area (Å²) in [4.78, 5) is 27.9. The fraction of sp³-hybridized carbons (Fsp3) is 0.333. The zero-order valence-corrected chi connectivity index (χ0v) is 24.3. The van der Waals surface area contributed by atoms with E-state index in [4.69, 9.17) is 4.74 Å². The Labute approximate surface area is 240 Å². The lowest BCUT2D eigenvalue weighted by molar-refractivity contribution is -0.139. The number of amides is 2. The molecular weight excluding hydrogens is 552 g/mol. The van der Waals surface area contributed by atoms with E-state index in [1.165, 1.54) is 37.3 Å². The minimum absolute atomic E-state index is 0.147. The molecule has 0 aliphatic carbocycles. The van der Waals surface area contributed by atoms with Gasteiger partial charge in [-0.3, -0.25) is 13.9 Å². The van der Waals surface area contributed by atoms with Crippen molar-refractivity contribution in [3.05, 3.63) is 90.0 Å². The normalized spacial score (nSPS) is 12.7. The second-order valence-electron chi connectivity index (χ2n) is 9.50. The van der Waals surface area contributed by atoms with E-state index in [1.807, 2.05) is 13.8 Å². The standard InChI is InChI=1S/C30H35F2N3O5S/c1-5-21(3)33-30(37)22(4)34(19-23-9-7-8-10-28(23)32)29(36)20-35(25-13-15-26(16-14-25)40-6-2)41(38,39)27-17-11-24(31)12-18-27/h7-18,21-22H,5-6,19-20H2,1-4H3,(H,33,37)/t21-,22+/m0/s1. The van der Waals surface area contributed by atoms with Gasteiger partial charge in [0.15, 0.2) is 0 Å². The van der Waals surface area contributed by atoms with Crippen molar-refractivity contribution in [1.29, 1.82) is 0 Å². The number of halogens is 2. The highest BCUT2D eigenvalue weighted by atomic mass is 32.2. The molecule has 0 aliphatic heterocycles. The molecule has 0 radical (unpaired) electrons. The quantitative estimate of drug-likeness (QED) is 0.307. The van der Waals surface area contributed by atoms with Gasteiger partial charge in [-0.2, -0.15) is 0 Å². The summed E-state index contributed by atoms with van der Waals surface area (Å²) in [6.45, 7) is 6.45. The van der Waals surface area contributed by atoms with Crippen LogP contribution in [-0.2, 0) is 26.2 Å². The van der Waals surface area contributed by atoms with Gasteiger partial charge in [0, 0.05) is 18.2 Å². The summed E-state index contributed by atoms with van der Waals surface area (Å²) in [7, 11) is -4.37. The molecule has 0 aromatic heterocycles. The topological polar surface area (TPSA) is 96.0 Å². The molecule has 11 heteroatoms. The molecule has 3 aromatic carbocycles. The maximum atomic E-state index is 14.6. The van der Waals surface area contributed by atoms with Crippen molar-refractivity contribution in [3.63, 3.8) is 0 Å². The summed E-state index contributed by atoms with van der Waals surface area (Å²) < 4.78 is 62.1. The van der Waals surface area contributed by atoms with Crippen LogP contribution in [0.3, 0.4) is 0 Å². The van der Waals surface area contributed by atoms with Crippen molar-refractivity contribution in [3.8, 4) is 5.75 Å². The molecule has 0 bridgehead atoms. The summed E-state index contributed by atoms with van der Waals surface area (Å²) in [6, 6.07) is 15.0. The first-order chi connectivity index (χ1) is 19.5. The second kappa shape index (κ2) is 14.1. The van der Waals surface area contributed by atoms with Crippen LogP contribution in [-0.4, -0.2) is 50.4 Å². The van der Waals surface area contributed by atoms with Crippen LogP contribution in [0.15, 0.2) is 77.7 Å². The number of rotatable bonds is 13. The predicted molar refractivity (Wildman–Crippen MR) is 153 cm³/mol. The molecule has 220 valence electrons. The van der Waals surface area contributed by atoms with Crippen LogP contribution in [0.5, 0.6) is 5.75 Å². The number of sulfonamides is 1. The largest absolute Gasteiger partial charge is 0.494 e. The highest BCUT2D eigenvalue weighted by Gasteiger charge is 2.33. The average molecular weight is 588 g/mol. The van der Waals surface area contributed by atoms with Crippen LogP contribution in [0.25, 0.3) is 0 Å². The van der Waals surface area contributed by atoms with Gasteiger partial charge in [0.05, 0.1) is 17.2 Å². The van der Waals surface area contributed by atoms with Crippen LogP contribution >= 0.6 is 0 Å². The van der Waals surface area contributed by atoms with Crippen molar-refractivity contribution < 1.29 is 31.5 Å². The predicted octanol–water partition coefficient (Wildman–Crippen LogP) is 4.89. The Kier molecular flexibility index (Phi) is 10.8. The smallest absolute Gasteiger partial charge is 0.264 e. The van der Waals surface area contributed by atoms with Gasteiger partial charge in [0.2, 0.25) is 11.8 Å². The third-order valence-electron chi connectivity index (χ3n) is 6.58. The summed E-state index contributed by atoms with van der Waals surface area (Å²) in [6.07, 6.45) is 0.654. The molecule has 0 unspecified atom stereocenters. The Morgan fingerprint density at radius 3 is 2.15 bits per heavy atom. The lowest BCUT2D eigenvalue weighted by atomic mass is 10.1. The van der Waals surface area contributed by atoms with Gasteiger partial charge in [0.25, 0.3) is 10.0 Å². The van der Waals surface area contributed by atoms with E-state index in [2.05, 4.69) is 5.32 Å². The number of nitrogens with one attached hydrogen (secondary N) is 1. The maximum Gasteiger partial charge on any atom is 0.264 e. The SMILES string of the molecule is CCOc1ccc(N(CC(=O)N(Cc2ccccc2F)[C@H](C)C(=O)N[C@@H](C)CC)S(=O)(=O)c2ccc(F)cc2)cc1. The lowest BCUT2D eigenvalue weighted by Gasteiger charge is -2.32. The lowest BCUT2D eigenvalue weighted by Crippen LogP contribution is -2.52. The number of benzene rings is 3. The molecule has 3 rings (SSSR count). The molecule has 2 atom stereocenters. The Bertz CT molecular complexity index is 1430. The molecule has 41 heavy (non-hydrogen) atoms. The minimum Gasteiger partial charge on any atom is -0.494 e. The molecule has 2 amide bonds. The third-order valence-corrected chi connectivity index (χ3v) is 8.37. The van der Waals surface area contributed by atoms with Crippen LogP contribution in [0, 0.1) is 11.6 Å². The highest BCUT2D eigenvalue weighted by molar-refractivity contribution is 7.92. The van der Waals surface area contributed by atoms with Crippen molar-refractivity contribution >= 4 is 27.5 Å². The van der Waals surface area contributed by atoms with Crippen molar-refractivity contribution in [2.75, 3.05) is 17.5 Å². The second-order valence-corrected chi connectivity index (χ2v) is 11.4. The Hall–Kier alpha value is -3.99. The van der Waals surface area contributed by atoms with E-state index in [0.29, 0.717) is 18.8 Å². The van der Waals surface area contributed by atoms with Gasteiger partial charge >= 0.3 is 0 Å². The molecule has 3 aromatic rings. The molecule has 0 aliphatic rings. The first-order valence-electron chi connectivity index (χ1n) is 13.3. The van der Waals surface area contributed by atoms with Crippen molar-refractivity contribution in [1.82, 2.24) is 10.2 Å². The first-order valence-corrected chi connectivity index (χ1v) is 14.8. The summed E-state index contributed by atoms with van der Waals surface area (Å²) in [5.74, 6) is -1.89. The summed E-state index contributed by atoms with van der Waals surface area (Å²) in [5, 5.41) is 2.82. The van der Waals surface area contributed by atoms with Gasteiger partial charge in [-0.25, -0.2) is 17.2 Å². The molecular formula is C30H35F2N3O5S. The molecule has 0 saturated carbocycles. The molecule has 0 saturated heterocycles. The number of carbonyl (C=O) groups excluding carboxylic acids is 2. The first kappa shape index (κ1) is 31.5.